The van der Waals surface area contributed by atoms with Crippen molar-refractivity contribution in [1.82, 2.24) is 4.72 Å². The number of nitrogens with one attached hydrogen (secondary N) is 1. The highest BCUT2D eigenvalue weighted by Crippen LogP contribution is 1.85. The Balaban J connectivity index is 3.06. The van der Waals surface area contributed by atoms with Crippen molar-refractivity contribution in [2.45, 2.75) is 12.8 Å². The van der Waals surface area contributed by atoms with E-state index in [1.807, 2.05) is 0 Å². The van der Waals surface area contributed by atoms with Crippen LogP contribution in [0, 0.1) is 0 Å². The van der Waals surface area contributed by atoms with E-state index in [-0.39, 0.29) is 6.42 Å². The van der Waals surface area contributed by atoms with E-state index in [1.54, 1.807) is 0 Å². The Labute approximate surface area is 62.2 Å². The Bertz CT molecular complexity index is 121. The van der Waals surface area contributed by atoms with Crippen molar-refractivity contribution in [1.29, 1.82) is 0 Å². The molecule has 2 N–H and O–H groups in total. The van der Waals surface area contributed by atoms with Gasteiger partial charge in [-0.15, -0.1) is 0 Å². The minimum absolute atomic E-state index is 0.129. The predicted molar refractivity (Wildman–Crippen MR) is 38.9 cm³/mol. The summed E-state index contributed by atoms with van der Waals surface area (Å²) in [4.78, 5) is 9.94. The lowest BCUT2D eigenvalue weighted by molar-refractivity contribution is -0.137. The van der Waals surface area contributed by atoms with Crippen molar-refractivity contribution < 1.29 is 14.1 Å². The summed E-state index contributed by atoms with van der Waals surface area (Å²) in [5.41, 5.74) is 0. The molecule has 10 heavy (non-hydrogen) atoms. The quantitative estimate of drug-likeness (QED) is 0.551. The van der Waals surface area contributed by atoms with Crippen molar-refractivity contribution >= 4 is 17.0 Å². The van der Waals surface area contributed by atoms with Crippen molar-refractivity contribution in [3.63, 3.8) is 0 Å². The van der Waals surface area contributed by atoms with Gasteiger partial charge in [0.15, 0.2) is 0 Å². The van der Waals surface area contributed by atoms with E-state index < -0.39 is 17.0 Å². The summed E-state index contributed by atoms with van der Waals surface area (Å²) in [6.07, 6.45) is 2.17. The second-order valence-electron chi connectivity index (χ2n) is 1.85. The van der Waals surface area contributed by atoms with E-state index in [1.165, 1.54) is 6.26 Å². The number of carboxylic acid groups (broad SMARTS) is 1. The standard InChI is InChI=1S/C5H11NO3S/c1-10(9)6-4-2-3-5(7)8/h6H,2-4H2,1H3,(H,7,8). The van der Waals surface area contributed by atoms with Gasteiger partial charge in [0, 0.05) is 19.2 Å². The lowest BCUT2D eigenvalue weighted by atomic mass is 10.3. The average Bonchev–Trinajstić information content (AvgIpc) is 1.79. The number of hydrogen-bond donors (Lipinski definition) is 2. The van der Waals surface area contributed by atoms with Gasteiger partial charge in [0.25, 0.3) is 0 Å². The normalized spacial score (nSPS) is 12.9. The smallest absolute Gasteiger partial charge is 0.303 e. The zero-order valence-electron chi connectivity index (χ0n) is 5.79. The zero-order valence-corrected chi connectivity index (χ0v) is 6.61. The summed E-state index contributed by atoms with van der Waals surface area (Å²) in [5, 5.41) is 8.18. The molecule has 0 aliphatic carbocycles. The number of carboxylic acids is 1. The van der Waals surface area contributed by atoms with E-state index in [9.17, 15) is 9.00 Å². The molecule has 0 spiro atoms. The van der Waals surface area contributed by atoms with Gasteiger partial charge in [0.05, 0.1) is 11.0 Å². The van der Waals surface area contributed by atoms with Gasteiger partial charge in [0.1, 0.15) is 0 Å². The van der Waals surface area contributed by atoms with Crippen LogP contribution < -0.4 is 4.72 Å². The first-order valence-corrected chi connectivity index (χ1v) is 4.47. The van der Waals surface area contributed by atoms with Gasteiger partial charge in [-0.1, -0.05) is 0 Å². The third kappa shape index (κ3) is 7.58. The van der Waals surface area contributed by atoms with Crippen LogP contribution in [-0.4, -0.2) is 28.1 Å². The third-order valence-corrected chi connectivity index (χ3v) is 1.48. The van der Waals surface area contributed by atoms with E-state index in [0.717, 1.165) is 0 Å². The number of rotatable bonds is 5. The molecule has 5 heteroatoms. The highest BCUT2D eigenvalue weighted by Gasteiger charge is 1.95. The van der Waals surface area contributed by atoms with Crippen LogP contribution in [0.15, 0.2) is 0 Å². The summed E-state index contributed by atoms with van der Waals surface area (Å²) in [6.45, 7) is 0.495. The molecule has 0 saturated carbocycles. The lowest BCUT2D eigenvalue weighted by Crippen LogP contribution is -2.17. The fraction of sp³-hybridized carbons (Fsp3) is 0.800. The van der Waals surface area contributed by atoms with Crippen LogP contribution in [0.3, 0.4) is 0 Å². The molecule has 0 amide bonds. The maximum absolute atomic E-state index is 10.3. The van der Waals surface area contributed by atoms with E-state index in [4.69, 9.17) is 5.11 Å². The van der Waals surface area contributed by atoms with Gasteiger partial charge in [-0.05, 0) is 6.42 Å². The van der Waals surface area contributed by atoms with E-state index in [2.05, 4.69) is 4.72 Å². The maximum Gasteiger partial charge on any atom is 0.303 e. The van der Waals surface area contributed by atoms with Crippen LogP contribution in [0.5, 0.6) is 0 Å². The van der Waals surface area contributed by atoms with Gasteiger partial charge in [-0.3, -0.25) is 4.79 Å². The largest absolute Gasteiger partial charge is 0.481 e. The SMILES string of the molecule is CS(=O)NCCCC(=O)O. The first-order valence-electron chi connectivity index (χ1n) is 2.91. The molecule has 0 aromatic carbocycles. The molecule has 0 rings (SSSR count). The number of carbonyl (C=O) groups is 1. The van der Waals surface area contributed by atoms with E-state index >= 15 is 0 Å². The molecule has 0 saturated heterocycles. The topological polar surface area (TPSA) is 66.4 Å². The van der Waals surface area contributed by atoms with Crippen molar-refractivity contribution in [2.24, 2.45) is 0 Å². The summed E-state index contributed by atoms with van der Waals surface area (Å²) >= 11 is 0. The summed E-state index contributed by atoms with van der Waals surface area (Å²) in [6, 6.07) is 0. The Morgan fingerprint density at radius 3 is 2.70 bits per heavy atom. The second-order valence-corrected chi connectivity index (χ2v) is 3.04. The zero-order chi connectivity index (χ0) is 7.98. The summed E-state index contributed by atoms with van der Waals surface area (Å²) in [7, 11) is -1.02. The molecule has 1 atom stereocenters. The monoisotopic (exact) mass is 165 g/mol. The molecular weight excluding hydrogens is 154 g/mol. The average molecular weight is 165 g/mol. The van der Waals surface area contributed by atoms with Crippen LogP contribution in [0.25, 0.3) is 0 Å². The molecule has 0 bridgehead atoms. The van der Waals surface area contributed by atoms with Crippen LogP contribution in [0.2, 0.25) is 0 Å². The molecule has 0 aliphatic rings. The molecule has 0 aromatic heterocycles. The highest BCUT2D eigenvalue weighted by molar-refractivity contribution is 7.82. The van der Waals surface area contributed by atoms with Crippen LogP contribution >= 0.6 is 0 Å². The predicted octanol–water partition coefficient (Wildman–Crippen LogP) is -0.266. The summed E-state index contributed by atoms with van der Waals surface area (Å²) < 4.78 is 13.0. The van der Waals surface area contributed by atoms with Crippen LogP contribution in [-0.2, 0) is 15.8 Å². The second kappa shape index (κ2) is 5.37. The molecule has 0 aliphatic heterocycles. The minimum Gasteiger partial charge on any atom is -0.481 e. The Morgan fingerprint density at radius 1 is 1.70 bits per heavy atom. The third-order valence-electron chi connectivity index (χ3n) is 0.873. The molecule has 4 nitrogen and oxygen atoms in total. The number of hydrogen-bond acceptors (Lipinski definition) is 2. The minimum atomic E-state index is -1.02. The summed E-state index contributed by atoms with van der Waals surface area (Å²) in [5.74, 6) is -0.816. The first-order chi connectivity index (χ1) is 4.63. The molecular formula is C5H11NO3S. The van der Waals surface area contributed by atoms with Crippen molar-refractivity contribution in [3.8, 4) is 0 Å². The molecule has 1 unspecified atom stereocenters. The maximum atomic E-state index is 10.3. The van der Waals surface area contributed by atoms with Gasteiger partial charge in [0.2, 0.25) is 0 Å². The first kappa shape index (κ1) is 9.58. The van der Waals surface area contributed by atoms with Gasteiger partial charge >= 0.3 is 5.97 Å². The Morgan fingerprint density at radius 2 is 2.30 bits per heavy atom. The van der Waals surface area contributed by atoms with Gasteiger partial charge in [-0.2, -0.15) is 0 Å². The van der Waals surface area contributed by atoms with Gasteiger partial charge < -0.3 is 5.11 Å². The number of aliphatic carboxylic acids is 1. The molecule has 0 radical (unpaired) electrons. The molecule has 0 heterocycles. The van der Waals surface area contributed by atoms with Crippen molar-refractivity contribution in [2.75, 3.05) is 12.8 Å². The fourth-order valence-corrected chi connectivity index (χ4v) is 0.887. The highest BCUT2D eigenvalue weighted by atomic mass is 32.2. The Hall–Kier alpha value is -0.420. The lowest BCUT2D eigenvalue weighted by Gasteiger charge is -1.96. The Kier molecular flexibility index (Phi) is 5.15. The molecule has 60 valence electrons. The fourth-order valence-electron chi connectivity index (χ4n) is 0.456. The van der Waals surface area contributed by atoms with Crippen LogP contribution in [0.4, 0.5) is 0 Å². The van der Waals surface area contributed by atoms with Gasteiger partial charge in [-0.25, -0.2) is 8.93 Å². The van der Waals surface area contributed by atoms with Crippen molar-refractivity contribution in [3.05, 3.63) is 0 Å². The molecule has 0 fully saturated rings. The van der Waals surface area contributed by atoms with Crippen LogP contribution in [0.1, 0.15) is 12.8 Å². The van der Waals surface area contributed by atoms with E-state index in [0.29, 0.717) is 13.0 Å². The molecule has 0 aromatic rings.